The largest absolute Gasteiger partial charge is 0.299 e. The van der Waals surface area contributed by atoms with Crippen molar-refractivity contribution < 1.29 is 4.79 Å². The van der Waals surface area contributed by atoms with Gasteiger partial charge in [0.15, 0.2) is 0 Å². The van der Waals surface area contributed by atoms with Crippen LogP contribution in [-0.4, -0.2) is 5.78 Å². The van der Waals surface area contributed by atoms with E-state index in [0.29, 0.717) is 12.2 Å². The van der Waals surface area contributed by atoms with E-state index in [0.717, 1.165) is 12.8 Å². The molecular formula is C19H24O. The molecule has 1 heteroatoms. The van der Waals surface area contributed by atoms with Gasteiger partial charge in [-0.15, -0.1) is 0 Å². The fraction of sp³-hybridized carbons (Fsp3) is 0.421. The maximum Gasteiger partial charge on any atom is 0.137 e. The summed E-state index contributed by atoms with van der Waals surface area (Å²) in [5.41, 5.74) is 1.17. The monoisotopic (exact) mass is 268 g/mol. The number of carbonyl (C=O) groups is 1. The first-order chi connectivity index (χ1) is 9.81. The molecule has 0 spiro atoms. The highest BCUT2D eigenvalue weighted by Gasteiger charge is 2.06. The maximum atomic E-state index is 12.1. The number of benzene rings is 2. The standard InChI is InChI=1S/C19H24O/c1-2-3-4-5-6-13-18(20)15-17-12-9-11-16-10-7-8-14-19(16)17/h7-12,14H,2-6,13,15H2,1H3. The van der Waals surface area contributed by atoms with Crippen molar-refractivity contribution in [2.45, 2.75) is 51.9 Å². The van der Waals surface area contributed by atoms with Gasteiger partial charge in [0.05, 0.1) is 0 Å². The van der Waals surface area contributed by atoms with Gasteiger partial charge >= 0.3 is 0 Å². The van der Waals surface area contributed by atoms with E-state index < -0.39 is 0 Å². The van der Waals surface area contributed by atoms with Crippen LogP contribution in [0.15, 0.2) is 42.5 Å². The molecule has 0 aliphatic heterocycles. The van der Waals surface area contributed by atoms with Crippen LogP contribution in [0.2, 0.25) is 0 Å². The Morgan fingerprint density at radius 1 is 0.900 bits per heavy atom. The van der Waals surface area contributed by atoms with Crippen molar-refractivity contribution in [3.05, 3.63) is 48.0 Å². The highest BCUT2D eigenvalue weighted by Crippen LogP contribution is 2.19. The molecule has 0 unspecified atom stereocenters. The van der Waals surface area contributed by atoms with Gasteiger partial charge in [-0.25, -0.2) is 0 Å². The van der Waals surface area contributed by atoms with Crippen LogP contribution >= 0.6 is 0 Å². The van der Waals surface area contributed by atoms with Crippen molar-refractivity contribution in [3.8, 4) is 0 Å². The lowest BCUT2D eigenvalue weighted by Gasteiger charge is -2.06. The van der Waals surface area contributed by atoms with Crippen molar-refractivity contribution >= 4 is 16.6 Å². The Labute approximate surface area is 122 Å². The van der Waals surface area contributed by atoms with E-state index in [1.54, 1.807) is 0 Å². The number of carbonyl (C=O) groups excluding carboxylic acids is 1. The van der Waals surface area contributed by atoms with Crippen LogP contribution in [0.4, 0.5) is 0 Å². The summed E-state index contributed by atoms with van der Waals surface area (Å²) in [6, 6.07) is 14.5. The number of unbranched alkanes of at least 4 members (excludes halogenated alkanes) is 4. The smallest absolute Gasteiger partial charge is 0.137 e. The van der Waals surface area contributed by atoms with Crippen molar-refractivity contribution in [1.82, 2.24) is 0 Å². The number of hydrogen-bond donors (Lipinski definition) is 0. The number of hydrogen-bond acceptors (Lipinski definition) is 1. The molecule has 0 aliphatic carbocycles. The summed E-state index contributed by atoms with van der Waals surface area (Å²) in [4.78, 5) is 12.1. The van der Waals surface area contributed by atoms with Crippen LogP contribution in [-0.2, 0) is 11.2 Å². The summed E-state index contributed by atoms with van der Waals surface area (Å²) < 4.78 is 0. The minimum absolute atomic E-state index is 0.373. The van der Waals surface area contributed by atoms with Crippen LogP contribution in [0.3, 0.4) is 0 Å². The molecule has 0 N–H and O–H groups in total. The van der Waals surface area contributed by atoms with Gasteiger partial charge in [-0.1, -0.05) is 75.1 Å². The predicted octanol–water partition coefficient (Wildman–Crippen LogP) is 5.31. The third-order valence-corrected chi connectivity index (χ3v) is 3.83. The van der Waals surface area contributed by atoms with Gasteiger partial charge < -0.3 is 0 Å². The summed E-state index contributed by atoms with van der Waals surface area (Å²) in [6.07, 6.45) is 7.35. The molecule has 0 atom stereocenters. The third-order valence-electron chi connectivity index (χ3n) is 3.83. The van der Waals surface area contributed by atoms with Crippen LogP contribution in [0.1, 0.15) is 51.0 Å². The Balaban J connectivity index is 1.90. The van der Waals surface area contributed by atoms with Crippen molar-refractivity contribution in [2.24, 2.45) is 0 Å². The molecule has 106 valence electrons. The van der Waals surface area contributed by atoms with Crippen molar-refractivity contribution in [2.75, 3.05) is 0 Å². The molecule has 0 saturated heterocycles. The predicted molar refractivity (Wildman–Crippen MR) is 86.0 cm³/mol. The summed E-state index contributed by atoms with van der Waals surface area (Å²) in [5.74, 6) is 0.373. The molecular weight excluding hydrogens is 244 g/mol. The first kappa shape index (κ1) is 14.8. The van der Waals surface area contributed by atoms with Gasteiger partial charge in [-0.3, -0.25) is 4.79 Å². The fourth-order valence-electron chi connectivity index (χ4n) is 2.67. The topological polar surface area (TPSA) is 17.1 Å². The molecule has 0 amide bonds. The molecule has 0 radical (unpaired) electrons. The van der Waals surface area contributed by atoms with Gasteiger partial charge in [0.2, 0.25) is 0 Å². The minimum atomic E-state index is 0.373. The summed E-state index contributed by atoms with van der Waals surface area (Å²) in [5, 5.41) is 2.44. The lowest BCUT2D eigenvalue weighted by atomic mass is 9.98. The molecule has 0 aliphatic rings. The van der Waals surface area contributed by atoms with Gasteiger partial charge in [0.25, 0.3) is 0 Å². The Bertz CT molecular complexity index is 551. The number of rotatable bonds is 8. The van der Waals surface area contributed by atoms with E-state index in [2.05, 4.69) is 31.2 Å². The SMILES string of the molecule is CCCCCCCC(=O)Cc1cccc2ccccc12. The Kier molecular flexibility index (Phi) is 5.79. The van der Waals surface area contributed by atoms with Crippen LogP contribution in [0.5, 0.6) is 0 Å². The summed E-state index contributed by atoms with van der Waals surface area (Å²) >= 11 is 0. The van der Waals surface area contributed by atoms with E-state index in [1.165, 1.54) is 42.0 Å². The Morgan fingerprint density at radius 2 is 1.65 bits per heavy atom. The van der Waals surface area contributed by atoms with Crippen LogP contribution in [0.25, 0.3) is 10.8 Å². The molecule has 2 rings (SSSR count). The number of ketones is 1. The number of fused-ring (bicyclic) bond motifs is 1. The molecule has 0 saturated carbocycles. The number of Topliss-reactive ketones (excluding diaryl/α,β-unsaturated/α-hetero) is 1. The molecule has 0 bridgehead atoms. The second-order valence-electron chi connectivity index (χ2n) is 5.52. The van der Waals surface area contributed by atoms with Gasteiger partial charge in [-0.2, -0.15) is 0 Å². The average Bonchev–Trinajstić information content (AvgIpc) is 2.47. The van der Waals surface area contributed by atoms with Gasteiger partial charge in [0, 0.05) is 12.8 Å². The van der Waals surface area contributed by atoms with E-state index in [1.807, 2.05) is 18.2 Å². The molecule has 1 nitrogen and oxygen atoms in total. The van der Waals surface area contributed by atoms with E-state index in [9.17, 15) is 4.79 Å². The van der Waals surface area contributed by atoms with E-state index >= 15 is 0 Å². The fourth-order valence-corrected chi connectivity index (χ4v) is 2.67. The Hall–Kier alpha value is -1.63. The highest BCUT2D eigenvalue weighted by atomic mass is 16.1. The van der Waals surface area contributed by atoms with E-state index in [-0.39, 0.29) is 0 Å². The average molecular weight is 268 g/mol. The van der Waals surface area contributed by atoms with Crippen LogP contribution < -0.4 is 0 Å². The minimum Gasteiger partial charge on any atom is -0.299 e. The maximum absolute atomic E-state index is 12.1. The summed E-state index contributed by atoms with van der Waals surface area (Å²) in [7, 11) is 0. The summed E-state index contributed by atoms with van der Waals surface area (Å²) in [6.45, 7) is 2.21. The molecule has 20 heavy (non-hydrogen) atoms. The molecule has 2 aromatic carbocycles. The normalized spacial score (nSPS) is 10.8. The zero-order valence-corrected chi connectivity index (χ0v) is 12.4. The molecule has 0 fully saturated rings. The second-order valence-corrected chi connectivity index (χ2v) is 5.52. The Morgan fingerprint density at radius 3 is 2.50 bits per heavy atom. The molecule has 0 aromatic heterocycles. The highest BCUT2D eigenvalue weighted by molar-refractivity contribution is 5.90. The third kappa shape index (κ3) is 4.19. The lowest BCUT2D eigenvalue weighted by Crippen LogP contribution is -2.03. The first-order valence-corrected chi connectivity index (χ1v) is 7.79. The second kappa shape index (κ2) is 7.84. The van der Waals surface area contributed by atoms with Crippen molar-refractivity contribution in [1.29, 1.82) is 0 Å². The zero-order chi connectivity index (χ0) is 14.2. The lowest BCUT2D eigenvalue weighted by molar-refractivity contribution is -0.118. The van der Waals surface area contributed by atoms with E-state index in [4.69, 9.17) is 0 Å². The van der Waals surface area contributed by atoms with Crippen molar-refractivity contribution in [3.63, 3.8) is 0 Å². The first-order valence-electron chi connectivity index (χ1n) is 7.79. The quantitative estimate of drug-likeness (QED) is 0.593. The molecule has 0 heterocycles. The van der Waals surface area contributed by atoms with Gasteiger partial charge in [-0.05, 0) is 22.8 Å². The van der Waals surface area contributed by atoms with Gasteiger partial charge in [0.1, 0.15) is 5.78 Å². The molecule has 2 aromatic rings. The van der Waals surface area contributed by atoms with Crippen LogP contribution in [0, 0.1) is 0 Å². The zero-order valence-electron chi connectivity index (χ0n) is 12.4.